The van der Waals surface area contributed by atoms with Gasteiger partial charge in [-0.05, 0) is 24.7 Å². The summed E-state index contributed by atoms with van der Waals surface area (Å²) in [6.45, 7) is 1.92. The Hall–Kier alpha value is -1.37. The number of imide groups is 1. The summed E-state index contributed by atoms with van der Waals surface area (Å²) in [6.07, 6.45) is 6.20. The first-order valence-corrected chi connectivity index (χ1v) is 6.84. The number of rotatable bonds is 3. The van der Waals surface area contributed by atoms with E-state index in [2.05, 4.69) is 6.07 Å². The molecule has 1 unspecified atom stereocenters. The topological polar surface area (TPSA) is 61.2 Å². The maximum absolute atomic E-state index is 12.2. The molecule has 98 valence electrons. The fraction of sp³-hybridized carbons (Fsp3) is 0.786. The third-order valence-electron chi connectivity index (χ3n) is 4.42. The van der Waals surface area contributed by atoms with Crippen LogP contribution in [-0.2, 0) is 9.59 Å². The first-order valence-electron chi connectivity index (χ1n) is 6.84. The van der Waals surface area contributed by atoms with Gasteiger partial charge in [0.15, 0.2) is 0 Å². The molecular weight excluding hydrogens is 228 g/mol. The monoisotopic (exact) mass is 248 g/mol. The van der Waals surface area contributed by atoms with Gasteiger partial charge in [-0.25, -0.2) is 0 Å². The highest BCUT2D eigenvalue weighted by atomic mass is 16.2. The number of nitrogens with zero attached hydrogens (tertiary/aromatic N) is 2. The molecule has 1 heterocycles. The number of carbonyl (C=O) groups excluding carboxylic acids is 2. The second kappa shape index (κ2) is 5.09. The Labute approximate surface area is 108 Å². The second-order valence-electron chi connectivity index (χ2n) is 5.64. The van der Waals surface area contributed by atoms with E-state index in [4.69, 9.17) is 5.26 Å². The van der Waals surface area contributed by atoms with Crippen molar-refractivity contribution >= 4 is 11.8 Å². The summed E-state index contributed by atoms with van der Waals surface area (Å²) in [6, 6.07) is 1.84. The zero-order valence-electron chi connectivity index (χ0n) is 10.9. The fourth-order valence-corrected chi connectivity index (χ4v) is 3.42. The molecule has 2 amide bonds. The highest BCUT2D eigenvalue weighted by molar-refractivity contribution is 5.99. The SMILES string of the molecule is CCC(CC#N)N1C(=O)CC2(CCCC2)CC1=O. The molecule has 18 heavy (non-hydrogen) atoms. The highest BCUT2D eigenvalue weighted by Crippen LogP contribution is 2.47. The lowest BCUT2D eigenvalue weighted by atomic mass is 9.76. The fourth-order valence-electron chi connectivity index (χ4n) is 3.42. The van der Waals surface area contributed by atoms with Gasteiger partial charge < -0.3 is 0 Å². The van der Waals surface area contributed by atoms with Crippen LogP contribution in [0.25, 0.3) is 0 Å². The third kappa shape index (κ3) is 2.27. The molecule has 1 spiro atoms. The summed E-state index contributed by atoms with van der Waals surface area (Å²) < 4.78 is 0. The van der Waals surface area contributed by atoms with Crippen LogP contribution in [0.2, 0.25) is 0 Å². The second-order valence-corrected chi connectivity index (χ2v) is 5.64. The van der Waals surface area contributed by atoms with E-state index in [0.717, 1.165) is 25.7 Å². The van der Waals surface area contributed by atoms with E-state index in [9.17, 15) is 9.59 Å². The molecule has 1 aliphatic carbocycles. The van der Waals surface area contributed by atoms with Gasteiger partial charge in [-0.2, -0.15) is 5.26 Å². The van der Waals surface area contributed by atoms with Crippen molar-refractivity contribution in [3.63, 3.8) is 0 Å². The summed E-state index contributed by atoms with van der Waals surface area (Å²) in [5.41, 5.74) is -0.0460. The average Bonchev–Trinajstić information content (AvgIpc) is 2.74. The summed E-state index contributed by atoms with van der Waals surface area (Å²) in [4.78, 5) is 25.8. The molecule has 1 saturated heterocycles. The lowest BCUT2D eigenvalue weighted by Gasteiger charge is -2.40. The van der Waals surface area contributed by atoms with Crippen LogP contribution in [0.3, 0.4) is 0 Å². The zero-order valence-corrected chi connectivity index (χ0v) is 10.9. The van der Waals surface area contributed by atoms with Gasteiger partial charge in [-0.3, -0.25) is 14.5 Å². The summed E-state index contributed by atoms with van der Waals surface area (Å²) in [7, 11) is 0. The smallest absolute Gasteiger partial charge is 0.230 e. The number of piperidine rings is 1. The molecule has 0 bridgehead atoms. The average molecular weight is 248 g/mol. The molecule has 1 aliphatic heterocycles. The highest BCUT2D eigenvalue weighted by Gasteiger charge is 2.46. The summed E-state index contributed by atoms with van der Waals surface area (Å²) >= 11 is 0. The van der Waals surface area contributed by atoms with E-state index in [-0.39, 0.29) is 29.7 Å². The van der Waals surface area contributed by atoms with Crippen molar-refractivity contribution in [3.8, 4) is 6.07 Å². The van der Waals surface area contributed by atoms with E-state index >= 15 is 0 Å². The van der Waals surface area contributed by atoms with Crippen molar-refractivity contribution in [1.29, 1.82) is 5.26 Å². The molecule has 4 nitrogen and oxygen atoms in total. The van der Waals surface area contributed by atoms with Gasteiger partial charge in [0.25, 0.3) is 0 Å². The van der Waals surface area contributed by atoms with Gasteiger partial charge in [0.1, 0.15) is 0 Å². The lowest BCUT2D eigenvalue weighted by molar-refractivity contribution is -0.156. The molecule has 1 atom stereocenters. The molecule has 4 heteroatoms. The van der Waals surface area contributed by atoms with E-state index in [0.29, 0.717) is 19.3 Å². The predicted molar refractivity (Wildman–Crippen MR) is 66.3 cm³/mol. The lowest BCUT2D eigenvalue weighted by Crippen LogP contribution is -2.51. The van der Waals surface area contributed by atoms with E-state index in [1.54, 1.807) is 0 Å². The van der Waals surface area contributed by atoms with Crippen molar-refractivity contribution in [2.45, 2.75) is 64.3 Å². The van der Waals surface area contributed by atoms with Crippen molar-refractivity contribution in [3.05, 3.63) is 0 Å². The van der Waals surface area contributed by atoms with Crippen LogP contribution >= 0.6 is 0 Å². The first kappa shape index (κ1) is 13.1. The van der Waals surface area contributed by atoms with E-state index < -0.39 is 0 Å². The molecule has 2 fully saturated rings. The van der Waals surface area contributed by atoms with Gasteiger partial charge in [0, 0.05) is 12.8 Å². The number of amides is 2. The van der Waals surface area contributed by atoms with Crippen molar-refractivity contribution in [2.75, 3.05) is 0 Å². The van der Waals surface area contributed by atoms with Crippen molar-refractivity contribution in [2.24, 2.45) is 5.41 Å². The minimum atomic E-state index is -0.228. The van der Waals surface area contributed by atoms with Crippen LogP contribution in [0.15, 0.2) is 0 Å². The number of likely N-dealkylation sites (tertiary alicyclic amines) is 1. The van der Waals surface area contributed by atoms with Crippen molar-refractivity contribution in [1.82, 2.24) is 4.90 Å². The first-order chi connectivity index (χ1) is 8.62. The Morgan fingerprint density at radius 2 is 1.83 bits per heavy atom. The predicted octanol–water partition coefficient (Wildman–Crippen LogP) is 2.39. The largest absolute Gasteiger partial charge is 0.278 e. The standard InChI is InChI=1S/C14H20N2O2/c1-2-11(5-8-15)16-12(17)9-14(10-13(16)18)6-3-4-7-14/h11H,2-7,9-10H2,1H3. The van der Waals surface area contributed by atoms with Crippen LogP contribution in [-0.4, -0.2) is 22.8 Å². The Bertz CT molecular complexity index is 371. The quantitative estimate of drug-likeness (QED) is 0.720. The molecule has 0 aromatic rings. The minimum Gasteiger partial charge on any atom is -0.278 e. The maximum atomic E-state index is 12.2. The number of hydrogen-bond donors (Lipinski definition) is 0. The maximum Gasteiger partial charge on any atom is 0.230 e. The molecule has 2 aliphatic rings. The number of nitriles is 1. The van der Waals surface area contributed by atoms with Gasteiger partial charge in [-0.1, -0.05) is 19.8 Å². The van der Waals surface area contributed by atoms with Crippen LogP contribution in [0.4, 0.5) is 0 Å². The molecule has 0 radical (unpaired) electrons. The molecule has 2 rings (SSSR count). The summed E-state index contributed by atoms with van der Waals surface area (Å²) in [5.74, 6) is -0.120. The van der Waals surface area contributed by atoms with Crippen LogP contribution < -0.4 is 0 Å². The van der Waals surface area contributed by atoms with Gasteiger partial charge >= 0.3 is 0 Å². The molecule has 0 aromatic heterocycles. The molecular formula is C14H20N2O2. The van der Waals surface area contributed by atoms with Crippen LogP contribution in [0.1, 0.15) is 58.3 Å². The summed E-state index contributed by atoms with van der Waals surface area (Å²) in [5, 5.41) is 8.78. The molecule has 0 N–H and O–H groups in total. The molecule has 1 saturated carbocycles. The third-order valence-corrected chi connectivity index (χ3v) is 4.42. The normalized spacial score (nSPS) is 24.3. The Balaban J connectivity index is 2.13. The Kier molecular flexibility index (Phi) is 3.70. The van der Waals surface area contributed by atoms with Gasteiger partial charge in [0.05, 0.1) is 18.5 Å². The van der Waals surface area contributed by atoms with Gasteiger partial charge in [-0.15, -0.1) is 0 Å². The number of carbonyl (C=O) groups is 2. The number of hydrogen-bond acceptors (Lipinski definition) is 3. The van der Waals surface area contributed by atoms with Crippen LogP contribution in [0, 0.1) is 16.7 Å². The zero-order chi connectivity index (χ0) is 13.2. The van der Waals surface area contributed by atoms with Crippen LogP contribution in [0.5, 0.6) is 0 Å². The Morgan fingerprint density at radius 1 is 1.28 bits per heavy atom. The van der Waals surface area contributed by atoms with E-state index in [1.807, 2.05) is 6.92 Å². The minimum absolute atomic E-state index is 0.0460. The van der Waals surface area contributed by atoms with Gasteiger partial charge in [0.2, 0.25) is 11.8 Å². The molecule has 0 aromatic carbocycles. The Morgan fingerprint density at radius 3 is 2.28 bits per heavy atom. The van der Waals surface area contributed by atoms with E-state index in [1.165, 1.54) is 4.90 Å². The van der Waals surface area contributed by atoms with Crippen molar-refractivity contribution < 1.29 is 9.59 Å².